The molecule has 8 heteroatoms. The average Bonchev–Trinajstić information content (AvgIpc) is 2.56. The van der Waals surface area contributed by atoms with Gasteiger partial charge in [0, 0.05) is 24.8 Å². The molecule has 0 atom stereocenters. The van der Waals surface area contributed by atoms with Crippen molar-refractivity contribution in [3.63, 3.8) is 0 Å². The summed E-state index contributed by atoms with van der Waals surface area (Å²) in [5.41, 5.74) is 5.14. The number of nitrogens with zero attached hydrogens (tertiary/aromatic N) is 2. The van der Waals surface area contributed by atoms with Crippen molar-refractivity contribution in [2.24, 2.45) is 5.73 Å². The van der Waals surface area contributed by atoms with E-state index < -0.39 is 15.6 Å². The molecule has 0 bridgehead atoms. The summed E-state index contributed by atoms with van der Waals surface area (Å²) in [6.07, 6.45) is 1.53. The number of aryl methyl sites for hydroxylation is 2. The van der Waals surface area contributed by atoms with Gasteiger partial charge in [0.2, 0.25) is 0 Å². The van der Waals surface area contributed by atoms with E-state index in [-0.39, 0.29) is 24.0 Å². The van der Waals surface area contributed by atoms with Gasteiger partial charge in [0.15, 0.2) is 5.03 Å². The number of hydrogen-bond donors (Lipinski definition) is 2. The zero-order valence-electron chi connectivity index (χ0n) is 11.1. The fourth-order valence-electron chi connectivity index (χ4n) is 1.28. The van der Waals surface area contributed by atoms with Crippen LogP contribution in [0.25, 0.3) is 0 Å². The number of halogens is 1. The first-order valence-electron chi connectivity index (χ1n) is 5.48. The SMILES string of the molecule is CCn1cc(S(=O)(=O)NCC(C)(C)N)nc1C.Cl. The quantitative estimate of drug-likeness (QED) is 0.835. The lowest BCUT2D eigenvalue weighted by molar-refractivity contribution is 0.497. The standard InChI is InChI=1S/C10H20N4O2S.ClH/c1-5-14-6-9(13-8(14)2)17(15,16)12-7-10(3,4)11;/h6,12H,5,7,11H2,1-4H3;1H. The minimum absolute atomic E-state index is 0. The number of rotatable bonds is 5. The van der Waals surface area contributed by atoms with Crippen LogP contribution >= 0.6 is 12.4 Å². The average molecular weight is 297 g/mol. The Labute approximate surface area is 114 Å². The van der Waals surface area contributed by atoms with Gasteiger partial charge in [0.25, 0.3) is 10.0 Å². The van der Waals surface area contributed by atoms with Crippen LogP contribution in [0.15, 0.2) is 11.2 Å². The second-order valence-electron chi connectivity index (χ2n) is 4.73. The normalized spacial score (nSPS) is 12.3. The van der Waals surface area contributed by atoms with Gasteiger partial charge in [-0.2, -0.15) is 0 Å². The Morgan fingerprint density at radius 2 is 2.06 bits per heavy atom. The van der Waals surface area contributed by atoms with Crippen LogP contribution in [0.5, 0.6) is 0 Å². The summed E-state index contributed by atoms with van der Waals surface area (Å²) in [5, 5.41) is 0.0427. The van der Waals surface area contributed by atoms with Gasteiger partial charge in [-0.05, 0) is 27.7 Å². The molecule has 1 heterocycles. The molecule has 3 N–H and O–H groups in total. The lowest BCUT2D eigenvalue weighted by atomic mass is 10.1. The van der Waals surface area contributed by atoms with E-state index in [1.807, 2.05) is 6.92 Å². The van der Waals surface area contributed by atoms with Crippen LogP contribution in [-0.4, -0.2) is 30.1 Å². The fourth-order valence-corrected chi connectivity index (χ4v) is 2.51. The molecule has 0 aliphatic heterocycles. The van der Waals surface area contributed by atoms with Crippen molar-refractivity contribution in [2.45, 2.75) is 44.8 Å². The van der Waals surface area contributed by atoms with E-state index in [2.05, 4.69) is 9.71 Å². The third kappa shape index (κ3) is 4.56. The lowest BCUT2D eigenvalue weighted by Gasteiger charge is -2.18. The molecular weight excluding hydrogens is 276 g/mol. The fraction of sp³-hybridized carbons (Fsp3) is 0.700. The van der Waals surface area contributed by atoms with Crippen LogP contribution in [0.2, 0.25) is 0 Å². The van der Waals surface area contributed by atoms with Gasteiger partial charge < -0.3 is 10.3 Å². The Morgan fingerprint density at radius 1 is 1.50 bits per heavy atom. The number of hydrogen-bond acceptors (Lipinski definition) is 4. The predicted molar refractivity (Wildman–Crippen MR) is 73.3 cm³/mol. The van der Waals surface area contributed by atoms with E-state index in [0.29, 0.717) is 12.4 Å². The van der Waals surface area contributed by atoms with Gasteiger partial charge in [0.1, 0.15) is 5.82 Å². The molecule has 1 aromatic rings. The van der Waals surface area contributed by atoms with E-state index in [4.69, 9.17) is 5.73 Å². The maximum absolute atomic E-state index is 11.9. The Hall–Kier alpha value is -0.630. The molecule has 0 saturated heterocycles. The van der Waals surface area contributed by atoms with Crippen LogP contribution < -0.4 is 10.5 Å². The molecule has 0 spiro atoms. The third-order valence-corrected chi connectivity index (χ3v) is 3.56. The number of nitrogens with two attached hydrogens (primary N) is 1. The van der Waals surface area contributed by atoms with Crippen LogP contribution in [0, 0.1) is 6.92 Å². The molecule has 0 saturated carbocycles. The van der Waals surface area contributed by atoms with Crippen LogP contribution in [0.3, 0.4) is 0 Å². The first-order valence-corrected chi connectivity index (χ1v) is 6.96. The van der Waals surface area contributed by atoms with Crippen LogP contribution in [0.4, 0.5) is 0 Å². The van der Waals surface area contributed by atoms with Crippen molar-refractivity contribution in [2.75, 3.05) is 6.54 Å². The summed E-state index contributed by atoms with van der Waals surface area (Å²) in [5.74, 6) is 0.680. The minimum atomic E-state index is -3.57. The summed E-state index contributed by atoms with van der Waals surface area (Å²) in [4.78, 5) is 4.03. The van der Waals surface area contributed by atoms with Crippen molar-refractivity contribution in [1.82, 2.24) is 14.3 Å². The van der Waals surface area contributed by atoms with Gasteiger partial charge in [-0.25, -0.2) is 18.1 Å². The second kappa shape index (κ2) is 6.01. The topological polar surface area (TPSA) is 90.0 Å². The van der Waals surface area contributed by atoms with Crippen molar-refractivity contribution < 1.29 is 8.42 Å². The number of sulfonamides is 1. The van der Waals surface area contributed by atoms with Gasteiger partial charge in [-0.1, -0.05) is 0 Å². The van der Waals surface area contributed by atoms with E-state index in [9.17, 15) is 8.42 Å². The molecule has 1 rings (SSSR count). The maximum Gasteiger partial charge on any atom is 0.259 e. The summed E-state index contributed by atoms with van der Waals surface area (Å²) in [6, 6.07) is 0. The van der Waals surface area contributed by atoms with Crippen LogP contribution in [0.1, 0.15) is 26.6 Å². The van der Waals surface area contributed by atoms with Gasteiger partial charge in [0.05, 0.1) is 0 Å². The Morgan fingerprint density at radius 3 is 2.44 bits per heavy atom. The molecule has 0 unspecified atom stereocenters. The monoisotopic (exact) mass is 296 g/mol. The van der Waals surface area contributed by atoms with Crippen molar-refractivity contribution in [3.8, 4) is 0 Å². The van der Waals surface area contributed by atoms with Crippen molar-refractivity contribution >= 4 is 22.4 Å². The highest BCUT2D eigenvalue weighted by molar-refractivity contribution is 7.89. The van der Waals surface area contributed by atoms with Crippen LogP contribution in [-0.2, 0) is 16.6 Å². The molecule has 0 fully saturated rings. The lowest BCUT2D eigenvalue weighted by Crippen LogP contribution is -2.45. The molecule has 0 aromatic carbocycles. The summed E-state index contributed by atoms with van der Waals surface area (Å²) >= 11 is 0. The van der Waals surface area contributed by atoms with Crippen molar-refractivity contribution in [3.05, 3.63) is 12.0 Å². The van der Waals surface area contributed by atoms with Gasteiger partial charge in [-0.15, -0.1) is 12.4 Å². The van der Waals surface area contributed by atoms with E-state index in [1.54, 1.807) is 25.3 Å². The Kier molecular flexibility index (Phi) is 5.80. The zero-order chi connectivity index (χ0) is 13.3. The summed E-state index contributed by atoms with van der Waals surface area (Å²) in [7, 11) is -3.57. The molecule has 0 radical (unpaired) electrons. The van der Waals surface area contributed by atoms with Gasteiger partial charge >= 0.3 is 0 Å². The molecule has 0 aliphatic carbocycles. The highest BCUT2D eigenvalue weighted by Crippen LogP contribution is 2.09. The Balaban J connectivity index is 0.00000289. The molecule has 1 aromatic heterocycles. The Bertz CT molecular complexity index is 490. The smallest absolute Gasteiger partial charge is 0.259 e. The summed E-state index contributed by atoms with van der Waals surface area (Å²) in [6.45, 7) is 8.08. The number of nitrogens with one attached hydrogen (secondary N) is 1. The number of aromatic nitrogens is 2. The van der Waals surface area contributed by atoms with E-state index >= 15 is 0 Å². The maximum atomic E-state index is 11.9. The molecular formula is C10H21ClN4O2S. The molecule has 106 valence electrons. The molecule has 18 heavy (non-hydrogen) atoms. The van der Waals surface area contributed by atoms with Crippen molar-refractivity contribution in [1.29, 1.82) is 0 Å². The molecule has 0 amide bonds. The molecule has 0 aliphatic rings. The second-order valence-corrected chi connectivity index (χ2v) is 6.44. The first-order chi connectivity index (χ1) is 7.65. The third-order valence-electron chi connectivity index (χ3n) is 2.29. The molecule has 6 nitrogen and oxygen atoms in total. The first kappa shape index (κ1) is 17.4. The minimum Gasteiger partial charge on any atom is -0.334 e. The number of imidazole rings is 1. The summed E-state index contributed by atoms with van der Waals surface area (Å²) < 4.78 is 28.1. The van der Waals surface area contributed by atoms with E-state index in [1.165, 1.54) is 6.20 Å². The van der Waals surface area contributed by atoms with Gasteiger partial charge in [-0.3, -0.25) is 0 Å². The predicted octanol–water partition coefficient (Wildman–Crippen LogP) is 0.649. The highest BCUT2D eigenvalue weighted by atomic mass is 35.5. The zero-order valence-corrected chi connectivity index (χ0v) is 12.7. The largest absolute Gasteiger partial charge is 0.334 e. The van der Waals surface area contributed by atoms with E-state index in [0.717, 1.165) is 0 Å². The highest BCUT2D eigenvalue weighted by Gasteiger charge is 2.21.